The first kappa shape index (κ1) is 41.0. The molecule has 2 amide bonds. The summed E-state index contributed by atoms with van der Waals surface area (Å²) in [7, 11) is 0. The van der Waals surface area contributed by atoms with E-state index in [0.29, 0.717) is 84.8 Å². The molecule has 0 unspecified atom stereocenters. The van der Waals surface area contributed by atoms with Crippen molar-refractivity contribution >= 4 is 41.0 Å². The summed E-state index contributed by atoms with van der Waals surface area (Å²) in [6, 6.07) is 29.5. The van der Waals surface area contributed by atoms with Crippen molar-refractivity contribution in [2.75, 3.05) is 26.2 Å². The Morgan fingerprint density at radius 3 is 1.30 bits per heavy atom. The number of carboxylic acids is 1. The molecule has 10 nitrogen and oxygen atoms in total. The summed E-state index contributed by atoms with van der Waals surface area (Å²) in [6.45, 7) is 11.5. The molecule has 2 saturated heterocycles. The van der Waals surface area contributed by atoms with Crippen LogP contribution in [-0.4, -0.2) is 99.1 Å². The van der Waals surface area contributed by atoms with Crippen molar-refractivity contribution in [3.05, 3.63) is 129 Å². The Labute approximate surface area is 339 Å². The number of amides is 2. The summed E-state index contributed by atoms with van der Waals surface area (Å²) in [5, 5.41) is 11.3. The summed E-state index contributed by atoms with van der Waals surface area (Å²) in [5.74, 6) is -0.456. The van der Waals surface area contributed by atoms with Crippen molar-refractivity contribution in [3.63, 3.8) is 0 Å². The molecule has 4 aromatic rings. The summed E-state index contributed by atoms with van der Waals surface area (Å²) in [4.78, 5) is 47.7. The number of halogens is 2. The van der Waals surface area contributed by atoms with E-state index in [9.17, 15) is 19.5 Å². The van der Waals surface area contributed by atoms with Crippen LogP contribution in [0.5, 0.6) is 11.5 Å². The number of carboxylic acid groups (broad SMARTS) is 1. The van der Waals surface area contributed by atoms with Gasteiger partial charge in [0.2, 0.25) is 11.8 Å². The van der Waals surface area contributed by atoms with Crippen molar-refractivity contribution in [1.29, 1.82) is 0 Å². The van der Waals surface area contributed by atoms with E-state index in [1.807, 2.05) is 98.2 Å². The smallest absolute Gasteiger partial charge is 0.387 e. The minimum Gasteiger partial charge on any atom is -0.476 e. The molecule has 296 valence electrons. The SMILES string of the molecule is C[C@@H]1CN(Cc2cc(Cl)ccc2OC(Oc2ccc(Cl)cc2CN2C[C@@H](C)N(C(=O)Cc3ccccc3)[C@@H](C)C2)C(=O)O)C[C@H](C)N1C(=O)Cc1ccccc1. The number of piperazine rings is 2. The predicted molar refractivity (Wildman–Crippen MR) is 218 cm³/mol. The Bertz CT molecular complexity index is 1830. The molecule has 0 saturated carbocycles. The third-order valence-corrected chi connectivity index (χ3v) is 10.9. The third-order valence-electron chi connectivity index (χ3n) is 10.5. The summed E-state index contributed by atoms with van der Waals surface area (Å²) < 4.78 is 12.2. The lowest BCUT2D eigenvalue weighted by atomic mass is 10.0. The van der Waals surface area contributed by atoms with Crippen LogP contribution < -0.4 is 9.47 Å². The highest BCUT2D eigenvalue weighted by molar-refractivity contribution is 6.31. The first-order chi connectivity index (χ1) is 26.8. The maximum atomic E-state index is 13.3. The monoisotopic (exact) mass is 800 g/mol. The van der Waals surface area contributed by atoms with Crippen LogP contribution in [0.4, 0.5) is 0 Å². The molecule has 12 heteroatoms. The van der Waals surface area contributed by atoms with Crippen molar-refractivity contribution in [2.24, 2.45) is 0 Å². The quantitative estimate of drug-likeness (QED) is 0.142. The average Bonchev–Trinajstić information content (AvgIpc) is 3.13. The molecule has 0 spiro atoms. The molecule has 4 aromatic carbocycles. The zero-order valence-corrected chi connectivity index (χ0v) is 33.8. The number of benzene rings is 4. The maximum Gasteiger partial charge on any atom is 0.387 e. The van der Waals surface area contributed by atoms with Gasteiger partial charge in [0, 0.05) is 84.6 Å². The molecule has 2 heterocycles. The van der Waals surface area contributed by atoms with Gasteiger partial charge >= 0.3 is 12.3 Å². The normalized spacial score (nSPS) is 20.6. The number of rotatable bonds is 13. The zero-order valence-electron chi connectivity index (χ0n) is 32.3. The van der Waals surface area contributed by atoms with Crippen LogP contribution in [0.2, 0.25) is 10.0 Å². The third kappa shape index (κ3) is 10.4. The van der Waals surface area contributed by atoms with Crippen LogP contribution in [0.1, 0.15) is 49.9 Å². The summed E-state index contributed by atoms with van der Waals surface area (Å²) >= 11 is 12.9. The molecule has 2 fully saturated rings. The van der Waals surface area contributed by atoms with Gasteiger partial charge in [0.05, 0.1) is 12.8 Å². The van der Waals surface area contributed by atoms with Crippen LogP contribution in [0.15, 0.2) is 97.1 Å². The highest BCUT2D eigenvalue weighted by Crippen LogP contribution is 2.31. The Hall–Kier alpha value is -4.61. The number of hydrogen-bond donors (Lipinski definition) is 1. The lowest BCUT2D eigenvalue weighted by molar-refractivity contribution is -0.158. The molecule has 1 N–H and O–H groups in total. The topological polar surface area (TPSA) is 103 Å². The predicted octanol–water partition coefficient (Wildman–Crippen LogP) is 7.19. The summed E-state index contributed by atoms with van der Waals surface area (Å²) in [5.41, 5.74) is 3.37. The lowest BCUT2D eigenvalue weighted by Gasteiger charge is -2.44. The van der Waals surface area contributed by atoms with Crippen LogP contribution >= 0.6 is 23.2 Å². The largest absolute Gasteiger partial charge is 0.476 e. The molecule has 0 radical (unpaired) electrons. The molecular formula is C44H50Cl2N4O6. The van der Waals surface area contributed by atoms with Gasteiger partial charge in [-0.3, -0.25) is 19.4 Å². The average molecular weight is 802 g/mol. The Morgan fingerprint density at radius 2 is 0.964 bits per heavy atom. The number of carbonyl (C=O) groups is 3. The van der Waals surface area contributed by atoms with Gasteiger partial charge in [-0.15, -0.1) is 0 Å². The molecule has 0 bridgehead atoms. The van der Waals surface area contributed by atoms with E-state index in [-0.39, 0.29) is 36.0 Å². The Kier molecular flexibility index (Phi) is 13.6. The van der Waals surface area contributed by atoms with Crippen LogP contribution in [0, 0.1) is 0 Å². The highest BCUT2D eigenvalue weighted by atomic mass is 35.5. The molecule has 0 aliphatic carbocycles. The number of nitrogens with zero attached hydrogens (tertiary/aromatic N) is 4. The number of aliphatic carboxylic acids is 1. The fourth-order valence-corrected chi connectivity index (χ4v) is 8.63. The van der Waals surface area contributed by atoms with Crippen LogP contribution in [0.3, 0.4) is 0 Å². The maximum absolute atomic E-state index is 13.3. The van der Waals surface area contributed by atoms with E-state index in [0.717, 1.165) is 11.1 Å². The standard InChI is InChI=1S/C44H50Cl2N4O6/c1-29-23-47(24-30(2)49(29)41(51)19-33-11-7-5-8-12-33)27-35-21-37(45)15-17-39(35)55-44(43(53)54)56-40-18-16-38(46)22-36(40)28-48-25-31(3)50(32(4)26-48)42(52)20-34-13-9-6-10-14-34/h5-18,21-22,29-32,44H,19-20,23-28H2,1-4H3,(H,53,54)/t29-,30+,31-,32+. The van der Waals surface area contributed by atoms with E-state index >= 15 is 0 Å². The van der Waals surface area contributed by atoms with E-state index in [1.54, 1.807) is 36.4 Å². The van der Waals surface area contributed by atoms with Gasteiger partial charge in [0.25, 0.3) is 0 Å². The summed E-state index contributed by atoms with van der Waals surface area (Å²) in [6.07, 6.45) is -0.983. The highest BCUT2D eigenvalue weighted by Gasteiger charge is 2.35. The second-order valence-corrected chi connectivity index (χ2v) is 16.0. The number of ether oxygens (including phenoxy) is 2. The fourth-order valence-electron chi connectivity index (χ4n) is 8.24. The van der Waals surface area contributed by atoms with Crippen molar-refractivity contribution < 1.29 is 29.0 Å². The molecule has 2 aliphatic rings. The van der Waals surface area contributed by atoms with E-state index in [4.69, 9.17) is 32.7 Å². The Morgan fingerprint density at radius 1 is 0.607 bits per heavy atom. The number of carbonyl (C=O) groups excluding carboxylic acids is 2. The van der Waals surface area contributed by atoms with E-state index in [2.05, 4.69) is 9.80 Å². The van der Waals surface area contributed by atoms with Crippen LogP contribution in [-0.2, 0) is 40.3 Å². The van der Waals surface area contributed by atoms with Crippen LogP contribution in [0.25, 0.3) is 0 Å². The Balaban J connectivity index is 1.12. The molecule has 0 aromatic heterocycles. The van der Waals surface area contributed by atoms with Crippen molar-refractivity contribution in [2.45, 2.75) is 84.1 Å². The van der Waals surface area contributed by atoms with Crippen molar-refractivity contribution in [1.82, 2.24) is 19.6 Å². The molecule has 2 aliphatic heterocycles. The van der Waals surface area contributed by atoms with Crippen molar-refractivity contribution in [3.8, 4) is 11.5 Å². The molecule has 6 rings (SSSR count). The van der Waals surface area contributed by atoms with Gasteiger partial charge in [-0.05, 0) is 75.2 Å². The van der Waals surface area contributed by atoms with Gasteiger partial charge < -0.3 is 24.4 Å². The minimum absolute atomic E-state index is 0.0410. The number of hydrogen-bond acceptors (Lipinski definition) is 7. The lowest BCUT2D eigenvalue weighted by Crippen LogP contribution is -2.58. The first-order valence-electron chi connectivity index (χ1n) is 19.1. The van der Waals surface area contributed by atoms with E-state index < -0.39 is 12.3 Å². The first-order valence-corrected chi connectivity index (χ1v) is 19.9. The second-order valence-electron chi connectivity index (χ2n) is 15.1. The van der Waals surface area contributed by atoms with Gasteiger partial charge in [-0.25, -0.2) is 4.79 Å². The minimum atomic E-state index is -1.68. The fraction of sp³-hybridized carbons (Fsp3) is 0.386. The molecule has 56 heavy (non-hydrogen) atoms. The zero-order chi connectivity index (χ0) is 39.9. The van der Waals surface area contributed by atoms with Gasteiger partial charge in [-0.1, -0.05) is 83.9 Å². The second kappa shape index (κ2) is 18.6. The molecule has 4 atom stereocenters. The molecular weight excluding hydrogens is 751 g/mol. The van der Waals surface area contributed by atoms with Gasteiger partial charge in [0.15, 0.2) is 0 Å². The van der Waals surface area contributed by atoms with Gasteiger partial charge in [-0.2, -0.15) is 0 Å². The van der Waals surface area contributed by atoms with Gasteiger partial charge in [0.1, 0.15) is 11.5 Å². The van der Waals surface area contributed by atoms with E-state index in [1.165, 1.54) is 0 Å².